The van der Waals surface area contributed by atoms with Gasteiger partial charge in [0.2, 0.25) is 5.91 Å². The third kappa shape index (κ3) is 5.60. The molecule has 1 aliphatic rings. The zero-order valence-electron chi connectivity index (χ0n) is 18.3. The van der Waals surface area contributed by atoms with Crippen LogP contribution in [0.3, 0.4) is 0 Å². The average Bonchev–Trinajstić information content (AvgIpc) is 3.31. The van der Waals surface area contributed by atoms with Crippen molar-refractivity contribution < 1.29 is 9.59 Å². The predicted octanol–water partition coefficient (Wildman–Crippen LogP) is 3.45. The molecule has 3 aromatic rings. The van der Waals surface area contributed by atoms with E-state index in [0.29, 0.717) is 18.7 Å². The number of aryl methyl sites for hydroxylation is 1. The summed E-state index contributed by atoms with van der Waals surface area (Å²) in [6, 6.07) is 17.5. The number of aromatic nitrogens is 1. The molecule has 32 heavy (non-hydrogen) atoms. The van der Waals surface area contributed by atoms with Gasteiger partial charge in [-0.05, 0) is 29.7 Å². The van der Waals surface area contributed by atoms with E-state index in [4.69, 9.17) is 0 Å². The van der Waals surface area contributed by atoms with Crippen LogP contribution in [0.2, 0.25) is 0 Å². The van der Waals surface area contributed by atoms with Crippen LogP contribution < -0.4 is 5.32 Å². The van der Waals surface area contributed by atoms with Gasteiger partial charge in [-0.15, -0.1) is 11.3 Å². The van der Waals surface area contributed by atoms with Gasteiger partial charge in [0, 0.05) is 43.7 Å². The van der Waals surface area contributed by atoms with Gasteiger partial charge in [-0.3, -0.25) is 14.5 Å². The number of carbonyl (C=O) groups is 2. The molecule has 1 fully saturated rings. The molecule has 2 heterocycles. The molecule has 0 spiro atoms. The lowest BCUT2D eigenvalue weighted by Crippen LogP contribution is -2.50. The average molecular weight is 449 g/mol. The number of benzene rings is 2. The normalized spacial score (nSPS) is 14.3. The smallest absolute Gasteiger partial charge is 0.251 e. The van der Waals surface area contributed by atoms with Gasteiger partial charge in [0.15, 0.2) is 0 Å². The first-order chi connectivity index (χ1) is 15.6. The highest BCUT2D eigenvalue weighted by Gasteiger charge is 2.22. The second kappa shape index (κ2) is 10.5. The molecule has 1 aliphatic heterocycles. The second-order valence-electron chi connectivity index (χ2n) is 7.87. The molecule has 0 radical (unpaired) electrons. The minimum Gasteiger partial charge on any atom is -0.343 e. The second-order valence-corrected chi connectivity index (χ2v) is 8.81. The SMILES string of the molecule is CCc1nc(CN2CCN(C(=O)CNC(=O)c3ccc(-c4ccccc4)cc3)CC2)cs1. The highest BCUT2D eigenvalue weighted by atomic mass is 32.1. The largest absolute Gasteiger partial charge is 0.343 e. The lowest BCUT2D eigenvalue weighted by atomic mass is 10.0. The summed E-state index contributed by atoms with van der Waals surface area (Å²) in [6.45, 7) is 5.95. The van der Waals surface area contributed by atoms with E-state index in [0.717, 1.165) is 42.9 Å². The minimum absolute atomic E-state index is 0.0191. The molecule has 1 aromatic heterocycles. The van der Waals surface area contributed by atoms with Crippen molar-refractivity contribution in [2.75, 3.05) is 32.7 Å². The standard InChI is InChI=1S/C25H28N4O2S/c1-2-23-27-22(18-32-23)17-28-12-14-29(15-13-28)24(30)16-26-25(31)21-10-8-20(9-11-21)19-6-4-3-5-7-19/h3-11,18H,2,12-17H2,1H3,(H,26,31). The van der Waals surface area contributed by atoms with Gasteiger partial charge in [-0.1, -0.05) is 49.4 Å². The molecular formula is C25H28N4O2S. The van der Waals surface area contributed by atoms with Crippen molar-refractivity contribution in [1.29, 1.82) is 0 Å². The summed E-state index contributed by atoms with van der Waals surface area (Å²) in [5.41, 5.74) is 3.82. The molecule has 1 N–H and O–H groups in total. The molecule has 2 aromatic carbocycles. The van der Waals surface area contributed by atoms with E-state index >= 15 is 0 Å². The quantitative estimate of drug-likeness (QED) is 0.601. The van der Waals surface area contributed by atoms with E-state index in [1.54, 1.807) is 23.5 Å². The minimum atomic E-state index is -0.230. The van der Waals surface area contributed by atoms with Crippen LogP contribution in [0.5, 0.6) is 0 Å². The summed E-state index contributed by atoms with van der Waals surface area (Å²) in [5.74, 6) is -0.271. The number of hydrogen-bond acceptors (Lipinski definition) is 5. The van der Waals surface area contributed by atoms with Crippen LogP contribution in [0.1, 0.15) is 28.0 Å². The number of thiazole rings is 1. The molecule has 1 saturated heterocycles. The molecular weight excluding hydrogens is 420 g/mol. The summed E-state index contributed by atoms with van der Waals surface area (Å²) in [5, 5.41) is 6.05. The molecule has 6 nitrogen and oxygen atoms in total. The van der Waals surface area contributed by atoms with E-state index in [1.807, 2.05) is 47.4 Å². The lowest BCUT2D eigenvalue weighted by Gasteiger charge is -2.34. The zero-order valence-corrected chi connectivity index (χ0v) is 19.1. The Bertz CT molecular complexity index is 1040. The number of amides is 2. The highest BCUT2D eigenvalue weighted by molar-refractivity contribution is 7.09. The summed E-state index contributed by atoms with van der Waals surface area (Å²) in [4.78, 5) is 33.8. The van der Waals surface area contributed by atoms with Crippen molar-refractivity contribution in [2.45, 2.75) is 19.9 Å². The van der Waals surface area contributed by atoms with Crippen molar-refractivity contribution in [2.24, 2.45) is 0 Å². The number of nitrogens with zero attached hydrogens (tertiary/aromatic N) is 3. The molecule has 0 atom stereocenters. The van der Waals surface area contributed by atoms with Crippen molar-refractivity contribution in [1.82, 2.24) is 20.1 Å². The molecule has 0 bridgehead atoms. The van der Waals surface area contributed by atoms with Gasteiger partial charge in [0.1, 0.15) is 0 Å². The predicted molar refractivity (Wildman–Crippen MR) is 128 cm³/mol. The molecule has 0 aliphatic carbocycles. The van der Waals surface area contributed by atoms with Crippen LogP contribution in [-0.2, 0) is 17.8 Å². The fourth-order valence-electron chi connectivity index (χ4n) is 3.78. The van der Waals surface area contributed by atoms with Crippen LogP contribution >= 0.6 is 11.3 Å². The van der Waals surface area contributed by atoms with E-state index in [9.17, 15) is 9.59 Å². The van der Waals surface area contributed by atoms with Crippen molar-refractivity contribution in [3.8, 4) is 11.1 Å². The first kappa shape index (κ1) is 22.2. The summed E-state index contributed by atoms with van der Waals surface area (Å²) in [6.07, 6.45) is 0.968. The topological polar surface area (TPSA) is 65.5 Å². The highest BCUT2D eigenvalue weighted by Crippen LogP contribution is 2.19. The Morgan fingerprint density at radius 2 is 1.66 bits per heavy atom. The van der Waals surface area contributed by atoms with Gasteiger partial charge in [-0.2, -0.15) is 0 Å². The van der Waals surface area contributed by atoms with Crippen LogP contribution in [0, 0.1) is 0 Å². The Balaban J connectivity index is 1.22. The zero-order chi connectivity index (χ0) is 22.3. The van der Waals surface area contributed by atoms with Gasteiger partial charge in [0.25, 0.3) is 5.91 Å². The molecule has 4 rings (SSSR count). The van der Waals surface area contributed by atoms with E-state index in [1.165, 1.54) is 5.01 Å². The summed E-state index contributed by atoms with van der Waals surface area (Å²) in [7, 11) is 0. The number of hydrogen-bond donors (Lipinski definition) is 1. The monoisotopic (exact) mass is 448 g/mol. The van der Waals surface area contributed by atoms with Crippen molar-refractivity contribution in [3.63, 3.8) is 0 Å². The van der Waals surface area contributed by atoms with E-state index < -0.39 is 0 Å². The van der Waals surface area contributed by atoms with Crippen LogP contribution in [-0.4, -0.2) is 59.3 Å². The Hall–Kier alpha value is -3.03. The van der Waals surface area contributed by atoms with E-state index in [2.05, 4.69) is 27.5 Å². The third-order valence-corrected chi connectivity index (χ3v) is 6.71. The summed E-state index contributed by atoms with van der Waals surface area (Å²) < 4.78 is 0. The Kier molecular flexibility index (Phi) is 7.29. The van der Waals surface area contributed by atoms with Crippen molar-refractivity contribution in [3.05, 3.63) is 76.2 Å². The first-order valence-corrected chi connectivity index (χ1v) is 11.9. The lowest BCUT2D eigenvalue weighted by molar-refractivity contribution is -0.131. The maximum Gasteiger partial charge on any atom is 0.251 e. The van der Waals surface area contributed by atoms with Gasteiger partial charge in [0.05, 0.1) is 17.2 Å². The van der Waals surface area contributed by atoms with E-state index in [-0.39, 0.29) is 18.4 Å². The van der Waals surface area contributed by atoms with Gasteiger partial charge >= 0.3 is 0 Å². The molecule has 2 amide bonds. The molecule has 166 valence electrons. The molecule has 0 saturated carbocycles. The van der Waals surface area contributed by atoms with Crippen LogP contribution in [0.25, 0.3) is 11.1 Å². The fraction of sp³-hybridized carbons (Fsp3) is 0.320. The number of rotatable bonds is 7. The Morgan fingerprint density at radius 3 is 2.31 bits per heavy atom. The molecule has 7 heteroatoms. The fourth-order valence-corrected chi connectivity index (χ4v) is 4.52. The third-order valence-electron chi connectivity index (χ3n) is 5.67. The van der Waals surface area contributed by atoms with Gasteiger partial charge < -0.3 is 10.2 Å². The summed E-state index contributed by atoms with van der Waals surface area (Å²) >= 11 is 1.71. The Morgan fingerprint density at radius 1 is 0.969 bits per heavy atom. The van der Waals surface area contributed by atoms with Crippen molar-refractivity contribution >= 4 is 23.2 Å². The number of piperazine rings is 1. The molecule has 0 unspecified atom stereocenters. The van der Waals surface area contributed by atoms with Gasteiger partial charge in [-0.25, -0.2) is 4.98 Å². The number of carbonyl (C=O) groups excluding carboxylic acids is 2. The van der Waals surface area contributed by atoms with Crippen LogP contribution in [0.15, 0.2) is 60.0 Å². The maximum absolute atomic E-state index is 12.6. The first-order valence-electron chi connectivity index (χ1n) is 11.0. The number of nitrogens with one attached hydrogen (secondary N) is 1. The van der Waals surface area contributed by atoms with Crippen LogP contribution in [0.4, 0.5) is 0 Å². The maximum atomic E-state index is 12.6. The Labute approximate surface area is 192 Å².